The van der Waals surface area contributed by atoms with E-state index in [0.717, 1.165) is 19.3 Å². The summed E-state index contributed by atoms with van der Waals surface area (Å²) in [6.45, 7) is 7.57. The van der Waals surface area contributed by atoms with Crippen molar-refractivity contribution in [1.29, 1.82) is 0 Å². The monoisotopic (exact) mass is 426 g/mol. The molecule has 0 radical (unpaired) electrons. The van der Waals surface area contributed by atoms with E-state index in [1.54, 1.807) is 6.92 Å². The van der Waals surface area contributed by atoms with Gasteiger partial charge in [-0.15, -0.1) is 0 Å². The minimum atomic E-state index is -4.31. The molecule has 0 heterocycles. The summed E-state index contributed by atoms with van der Waals surface area (Å²) < 4.78 is 38.9. The van der Waals surface area contributed by atoms with Gasteiger partial charge in [0.15, 0.2) is 0 Å². The molecule has 0 aromatic heterocycles. The molecule has 0 amide bonds. The lowest BCUT2D eigenvalue weighted by Gasteiger charge is -2.26. The lowest BCUT2D eigenvalue weighted by Crippen LogP contribution is -2.40. The highest BCUT2D eigenvalue weighted by Crippen LogP contribution is 2.29. The highest BCUT2D eigenvalue weighted by Gasteiger charge is 2.38. The topological polar surface area (TPSA) is 63.6 Å². The normalized spacial score (nSPS) is 14.0. The van der Waals surface area contributed by atoms with Crippen LogP contribution in [0.3, 0.4) is 0 Å². The molecule has 4 nitrogen and oxygen atoms in total. The first-order chi connectivity index (χ1) is 13.8. The second kappa shape index (κ2) is 13.3. The Bertz CT molecular complexity index is 684. The fraction of sp³-hybridized carbons (Fsp3) is 0.750. The molecule has 1 N–H and O–H groups in total. The predicted octanol–water partition coefficient (Wildman–Crippen LogP) is 7.11. The molecule has 0 aliphatic rings. The Labute approximate surface area is 179 Å². The molecule has 5 heteroatoms. The van der Waals surface area contributed by atoms with Crippen molar-refractivity contribution in [2.24, 2.45) is 0 Å². The number of hydrogen-bond donors (Lipinski definition) is 1. The van der Waals surface area contributed by atoms with Gasteiger partial charge in [0.1, 0.15) is 5.75 Å². The molecule has 1 atom stereocenters. The van der Waals surface area contributed by atoms with Crippen molar-refractivity contribution in [2.75, 3.05) is 0 Å². The summed E-state index contributed by atoms with van der Waals surface area (Å²) in [5, 5.41) is 0. The van der Waals surface area contributed by atoms with Gasteiger partial charge in [0, 0.05) is 6.42 Å². The van der Waals surface area contributed by atoms with Crippen LogP contribution in [0.25, 0.3) is 0 Å². The molecular formula is C24H42O4S. The summed E-state index contributed by atoms with van der Waals surface area (Å²) in [5.74, 6) is 0.519. The molecule has 0 spiro atoms. The van der Waals surface area contributed by atoms with Gasteiger partial charge in [-0.1, -0.05) is 78.2 Å². The Morgan fingerprint density at radius 1 is 0.828 bits per heavy atom. The first-order valence-electron chi connectivity index (χ1n) is 11.5. The fourth-order valence-electron chi connectivity index (χ4n) is 3.54. The van der Waals surface area contributed by atoms with E-state index in [-0.39, 0.29) is 6.42 Å². The van der Waals surface area contributed by atoms with Gasteiger partial charge < -0.3 is 4.74 Å². The lowest BCUT2D eigenvalue weighted by molar-refractivity contribution is 0.155. The van der Waals surface area contributed by atoms with Crippen LogP contribution in [0.5, 0.6) is 5.75 Å². The number of rotatable bonds is 16. The van der Waals surface area contributed by atoms with Gasteiger partial charge in [-0.05, 0) is 55.9 Å². The van der Waals surface area contributed by atoms with Gasteiger partial charge in [0.05, 0.1) is 0 Å². The van der Waals surface area contributed by atoms with Crippen LogP contribution < -0.4 is 4.74 Å². The van der Waals surface area contributed by atoms with Crippen molar-refractivity contribution in [3.05, 3.63) is 29.3 Å². The number of aryl methyl sites for hydroxylation is 2. The van der Waals surface area contributed by atoms with E-state index in [9.17, 15) is 13.0 Å². The molecule has 29 heavy (non-hydrogen) atoms. The summed E-state index contributed by atoms with van der Waals surface area (Å²) in [6.07, 6.45) is 14.6. The minimum Gasteiger partial charge on any atom is -0.469 e. The quantitative estimate of drug-likeness (QED) is 0.226. The molecule has 1 aromatic rings. The van der Waals surface area contributed by atoms with E-state index < -0.39 is 15.1 Å². The van der Waals surface area contributed by atoms with Gasteiger partial charge in [0.2, 0.25) is 4.93 Å². The van der Waals surface area contributed by atoms with Crippen LogP contribution in [0.2, 0.25) is 0 Å². The molecule has 0 aliphatic heterocycles. The first-order valence-corrected chi connectivity index (χ1v) is 13.0. The molecule has 0 fully saturated rings. The smallest absolute Gasteiger partial charge is 0.306 e. The zero-order chi connectivity index (χ0) is 21.8. The number of benzene rings is 1. The van der Waals surface area contributed by atoms with Crippen LogP contribution >= 0.6 is 0 Å². The van der Waals surface area contributed by atoms with Crippen molar-refractivity contribution in [1.82, 2.24) is 0 Å². The zero-order valence-corrected chi connectivity index (χ0v) is 19.8. The molecule has 1 unspecified atom stereocenters. The van der Waals surface area contributed by atoms with Crippen LogP contribution in [0.1, 0.15) is 109 Å². The van der Waals surface area contributed by atoms with Gasteiger partial charge >= 0.3 is 10.1 Å². The van der Waals surface area contributed by atoms with Gasteiger partial charge in [-0.2, -0.15) is 8.42 Å². The molecular weight excluding hydrogens is 384 g/mol. The van der Waals surface area contributed by atoms with E-state index in [0.29, 0.717) is 5.75 Å². The third-order valence-electron chi connectivity index (χ3n) is 5.80. The molecule has 1 rings (SSSR count). The SMILES string of the molecule is CCCCCCCc1ccc(OC(C)(CC)S(=O)(=O)O)cc1CCCCCCC. The summed E-state index contributed by atoms with van der Waals surface area (Å²) in [6, 6.07) is 5.91. The number of ether oxygens (including phenoxy) is 1. The molecule has 0 saturated heterocycles. The van der Waals surface area contributed by atoms with Gasteiger partial charge in [-0.3, -0.25) is 4.55 Å². The van der Waals surface area contributed by atoms with Crippen molar-refractivity contribution in [3.8, 4) is 5.75 Å². The maximum absolute atomic E-state index is 11.8. The second-order valence-corrected chi connectivity index (χ2v) is 10.1. The van der Waals surface area contributed by atoms with Crippen LogP contribution in [0, 0.1) is 0 Å². The Morgan fingerprint density at radius 2 is 1.34 bits per heavy atom. The summed E-state index contributed by atoms with van der Waals surface area (Å²) in [4.78, 5) is -1.62. The van der Waals surface area contributed by atoms with Crippen molar-refractivity contribution in [3.63, 3.8) is 0 Å². The molecule has 1 aromatic carbocycles. The van der Waals surface area contributed by atoms with E-state index in [4.69, 9.17) is 4.74 Å². The van der Waals surface area contributed by atoms with Crippen LogP contribution in [0.15, 0.2) is 18.2 Å². The van der Waals surface area contributed by atoms with Gasteiger partial charge in [0.25, 0.3) is 0 Å². The van der Waals surface area contributed by atoms with Crippen LogP contribution in [-0.4, -0.2) is 17.9 Å². The standard InChI is InChI=1S/C24H42O4S/c1-5-8-10-12-14-16-21-18-19-23(28-24(4,7-3)29(25,26)27)20-22(21)17-15-13-11-9-6-2/h18-20H,5-17H2,1-4H3,(H,25,26,27). The summed E-state index contributed by atoms with van der Waals surface area (Å²) in [7, 11) is -4.31. The highest BCUT2D eigenvalue weighted by molar-refractivity contribution is 7.87. The third-order valence-corrected chi connectivity index (χ3v) is 7.26. The Balaban J connectivity index is 2.89. The molecule has 0 aliphatic carbocycles. The number of unbranched alkanes of at least 4 members (excludes halogenated alkanes) is 8. The van der Waals surface area contributed by atoms with Crippen molar-refractivity contribution in [2.45, 2.75) is 116 Å². The zero-order valence-electron chi connectivity index (χ0n) is 19.0. The van der Waals surface area contributed by atoms with Crippen LogP contribution in [-0.2, 0) is 23.0 Å². The predicted molar refractivity (Wildman–Crippen MR) is 122 cm³/mol. The molecule has 0 bridgehead atoms. The average Bonchev–Trinajstić information content (AvgIpc) is 2.68. The average molecular weight is 427 g/mol. The van der Waals surface area contributed by atoms with E-state index in [2.05, 4.69) is 19.9 Å². The summed E-state index contributed by atoms with van der Waals surface area (Å²) >= 11 is 0. The maximum Gasteiger partial charge on any atom is 0.306 e. The van der Waals surface area contributed by atoms with Gasteiger partial charge in [-0.25, -0.2) is 0 Å². The maximum atomic E-state index is 11.8. The van der Waals surface area contributed by atoms with Crippen molar-refractivity contribution >= 4 is 10.1 Å². The third kappa shape index (κ3) is 9.08. The first kappa shape index (κ1) is 26.0. The lowest BCUT2D eigenvalue weighted by atomic mass is 9.96. The largest absolute Gasteiger partial charge is 0.469 e. The fourth-order valence-corrected chi connectivity index (χ4v) is 4.10. The second-order valence-electron chi connectivity index (χ2n) is 8.32. The van der Waals surface area contributed by atoms with E-state index in [1.165, 1.54) is 75.8 Å². The minimum absolute atomic E-state index is 0.178. The molecule has 168 valence electrons. The number of hydrogen-bond acceptors (Lipinski definition) is 3. The van der Waals surface area contributed by atoms with Crippen molar-refractivity contribution < 1.29 is 17.7 Å². The Kier molecular flexibility index (Phi) is 11.9. The Morgan fingerprint density at radius 3 is 1.83 bits per heavy atom. The van der Waals surface area contributed by atoms with E-state index in [1.807, 2.05) is 12.1 Å². The molecule has 0 saturated carbocycles. The van der Waals surface area contributed by atoms with E-state index >= 15 is 0 Å². The Hall–Kier alpha value is -1.07. The highest BCUT2D eigenvalue weighted by atomic mass is 32.2. The van der Waals surface area contributed by atoms with Crippen LogP contribution in [0.4, 0.5) is 0 Å². The summed E-state index contributed by atoms with van der Waals surface area (Å²) in [5.41, 5.74) is 2.60.